The highest BCUT2D eigenvalue weighted by Crippen LogP contribution is 2.36. The first-order chi connectivity index (χ1) is 13.6. The quantitative estimate of drug-likeness (QED) is 0.473. The number of amidine groups is 1. The Hall–Kier alpha value is -3.00. The summed E-state index contributed by atoms with van der Waals surface area (Å²) < 4.78 is 10.6. The van der Waals surface area contributed by atoms with Gasteiger partial charge in [0.2, 0.25) is 11.8 Å². The average molecular weight is 399 g/mol. The number of nitrogens with one attached hydrogen (secondary N) is 1. The van der Waals surface area contributed by atoms with Gasteiger partial charge in [0, 0.05) is 13.5 Å². The van der Waals surface area contributed by atoms with E-state index in [1.807, 2.05) is 24.3 Å². The predicted octanol–water partition coefficient (Wildman–Crippen LogP) is 3.17. The number of carbonyl (C=O) groups excluding carboxylic acids is 2. The van der Waals surface area contributed by atoms with Gasteiger partial charge in [0.1, 0.15) is 16.7 Å². The number of amides is 2. The van der Waals surface area contributed by atoms with E-state index in [4.69, 9.17) is 9.47 Å². The fourth-order valence-corrected chi connectivity index (χ4v) is 3.88. The maximum absolute atomic E-state index is 12.9. The number of benzene rings is 2. The molecule has 0 unspecified atom stereocenters. The Kier molecular flexibility index (Phi) is 6.20. The van der Waals surface area contributed by atoms with E-state index in [0.717, 1.165) is 5.69 Å². The molecule has 1 atom stereocenters. The number of thioether (sulfide) groups is 1. The Bertz CT molecular complexity index is 916. The number of anilines is 2. The molecule has 7 nitrogen and oxygen atoms in total. The molecule has 2 amide bonds. The van der Waals surface area contributed by atoms with Crippen LogP contribution < -0.4 is 19.7 Å². The zero-order chi connectivity index (χ0) is 20.1. The number of nitrogens with zero attached hydrogens (tertiary/aromatic N) is 2. The summed E-state index contributed by atoms with van der Waals surface area (Å²) >= 11 is 1.22. The van der Waals surface area contributed by atoms with Crippen molar-refractivity contribution < 1.29 is 19.1 Å². The van der Waals surface area contributed by atoms with Crippen LogP contribution in [0.3, 0.4) is 0 Å². The Morgan fingerprint density at radius 3 is 2.39 bits per heavy atom. The lowest BCUT2D eigenvalue weighted by Crippen LogP contribution is -2.32. The second-order valence-electron chi connectivity index (χ2n) is 5.90. The zero-order valence-electron chi connectivity index (χ0n) is 15.8. The van der Waals surface area contributed by atoms with Crippen LogP contribution in [0.25, 0.3) is 0 Å². The van der Waals surface area contributed by atoms with Crippen molar-refractivity contribution in [3.05, 3.63) is 48.5 Å². The highest BCUT2D eigenvalue weighted by atomic mass is 32.2. The summed E-state index contributed by atoms with van der Waals surface area (Å²) in [5, 5.41) is 3.12. The smallest absolute Gasteiger partial charge is 0.248 e. The van der Waals surface area contributed by atoms with Gasteiger partial charge in [0.05, 0.1) is 25.6 Å². The molecule has 0 aromatic heterocycles. The second-order valence-corrected chi connectivity index (χ2v) is 7.10. The molecule has 146 valence electrons. The Balaban J connectivity index is 1.77. The van der Waals surface area contributed by atoms with Gasteiger partial charge in [-0.1, -0.05) is 36.0 Å². The van der Waals surface area contributed by atoms with Crippen LogP contribution in [0.4, 0.5) is 11.4 Å². The molecule has 0 spiro atoms. The summed E-state index contributed by atoms with van der Waals surface area (Å²) in [6, 6.07) is 14.4. The van der Waals surface area contributed by atoms with Gasteiger partial charge in [-0.2, -0.15) is 0 Å². The van der Waals surface area contributed by atoms with Crippen LogP contribution in [0.5, 0.6) is 11.5 Å². The average Bonchev–Trinajstić information content (AvgIpc) is 3.00. The van der Waals surface area contributed by atoms with E-state index in [1.54, 1.807) is 38.4 Å². The summed E-state index contributed by atoms with van der Waals surface area (Å²) in [5.74, 6) is 0.585. The number of para-hydroxylation sites is 4. The number of hydrogen-bond acceptors (Lipinski definition) is 6. The molecule has 1 N–H and O–H groups in total. The number of aliphatic imine (C=N–C) groups is 1. The number of imide groups is 1. The molecular weight excluding hydrogens is 378 g/mol. The maximum Gasteiger partial charge on any atom is 0.248 e. The van der Waals surface area contributed by atoms with Crippen LogP contribution >= 0.6 is 11.8 Å². The van der Waals surface area contributed by atoms with Crippen molar-refractivity contribution in [3.63, 3.8) is 0 Å². The van der Waals surface area contributed by atoms with Crippen LogP contribution in [-0.4, -0.2) is 43.5 Å². The lowest BCUT2D eigenvalue weighted by atomic mass is 10.2. The summed E-state index contributed by atoms with van der Waals surface area (Å²) in [6.07, 6.45) is 0.0914. The van der Waals surface area contributed by atoms with Gasteiger partial charge in [-0.25, -0.2) is 4.90 Å². The Labute approximate surface area is 167 Å². The molecule has 0 aliphatic carbocycles. The third-order valence-electron chi connectivity index (χ3n) is 4.24. The first kappa shape index (κ1) is 19.8. The molecule has 8 heteroatoms. The summed E-state index contributed by atoms with van der Waals surface area (Å²) in [5.41, 5.74) is 1.19. The molecule has 2 aromatic carbocycles. The zero-order valence-corrected chi connectivity index (χ0v) is 16.7. The fraction of sp³-hybridized carbons (Fsp3) is 0.250. The third kappa shape index (κ3) is 3.96. The van der Waals surface area contributed by atoms with E-state index in [9.17, 15) is 9.59 Å². The van der Waals surface area contributed by atoms with Crippen molar-refractivity contribution in [3.8, 4) is 11.5 Å². The van der Waals surface area contributed by atoms with Crippen molar-refractivity contribution in [1.29, 1.82) is 0 Å². The molecule has 0 saturated carbocycles. The topological polar surface area (TPSA) is 80.2 Å². The molecule has 1 aliphatic heterocycles. The molecule has 3 rings (SSSR count). The lowest BCUT2D eigenvalue weighted by molar-refractivity contribution is -0.121. The van der Waals surface area contributed by atoms with Gasteiger partial charge in [0.25, 0.3) is 0 Å². The lowest BCUT2D eigenvalue weighted by Gasteiger charge is -2.18. The van der Waals surface area contributed by atoms with E-state index in [0.29, 0.717) is 22.4 Å². The van der Waals surface area contributed by atoms with Gasteiger partial charge in [0.15, 0.2) is 5.17 Å². The third-order valence-corrected chi connectivity index (χ3v) is 5.40. The highest BCUT2D eigenvalue weighted by Gasteiger charge is 2.41. The molecule has 28 heavy (non-hydrogen) atoms. The molecular formula is C20H21N3O4S. The minimum atomic E-state index is -0.571. The van der Waals surface area contributed by atoms with E-state index in [1.165, 1.54) is 23.8 Å². The maximum atomic E-state index is 12.9. The van der Waals surface area contributed by atoms with E-state index in [2.05, 4.69) is 10.3 Å². The number of rotatable bonds is 5. The van der Waals surface area contributed by atoms with Gasteiger partial charge in [-0.05, 0) is 24.3 Å². The predicted molar refractivity (Wildman–Crippen MR) is 111 cm³/mol. The Morgan fingerprint density at radius 2 is 1.71 bits per heavy atom. The molecule has 2 aromatic rings. The standard InChI is InChI=1S/C20H21N3O4S/c1-21-20(22-13-8-4-6-10-15(13)26-2)28-17-12-18(24)23(19(17)25)14-9-5-7-11-16(14)27-3/h4-11,17H,12H2,1-3H3,(H,21,22)/t17-/m0/s1. The van der Waals surface area contributed by atoms with Crippen molar-refractivity contribution in [2.45, 2.75) is 11.7 Å². The minimum Gasteiger partial charge on any atom is -0.495 e. The normalized spacial score (nSPS) is 17.0. The first-order valence-electron chi connectivity index (χ1n) is 8.62. The molecule has 1 heterocycles. The summed E-state index contributed by atoms with van der Waals surface area (Å²) in [7, 11) is 4.72. The van der Waals surface area contributed by atoms with Gasteiger partial charge >= 0.3 is 0 Å². The van der Waals surface area contributed by atoms with Crippen molar-refractivity contribution in [1.82, 2.24) is 0 Å². The highest BCUT2D eigenvalue weighted by molar-refractivity contribution is 8.15. The largest absolute Gasteiger partial charge is 0.495 e. The molecule has 0 radical (unpaired) electrons. The Morgan fingerprint density at radius 1 is 1.07 bits per heavy atom. The van der Waals surface area contributed by atoms with E-state index in [-0.39, 0.29) is 18.2 Å². The summed E-state index contributed by atoms with van der Waals surface area (Å²) in [6.45, 7) is 0. The molecule has 1 fully saturated rings. The van der Waals surface area contributed by atoms with Gasteiger partial charge < -0.3 is 14.8 Å². The molecule has 0 bridgehead atoms. The van der Waals surface area contributed by atoms with E-state index >= 15 is 0 Å². The number of methoxy groups -OCH3 is 2. The van der Waals surface area contributed by atoms with Crippen LogP contribution in [0.15, 0.2) is 53.5 Å². The number of ether oxygens (including phenoxy) is 2. The monoisotopic (exact) mass is 399 g/mol. The number of carbonyl (C=O) groups is 2. The van der Waals surface area contributed by atoms with E-state index < -0.39 is 5.25 Å². The fourth-order valence-electron chi connectivity index (χ4n) is 2.90. The molecule has 1 saturated heterocycles. The van der Waals surface area contributed by atoms with Crippen LogP contribution in [-0.2, 0) is 9.59 Å². The summed E-state index contributed by atoms with van der Waals surface area (Å²) in [4.78, 5) is 30.9. The van der Waals surface area contributed by atoms with Gasteiger partial charge in [-0.15, -0.1) is 0 Å². The SMILES string of the molecule is CN=C(Nc1ccccc1OC)S[C@H]1CC(=O)N(c2ccccc2OC)C1=O. The number of hydrogen-bond donors (Lipinski definition) is 1. The van der Waals surface area contributed by atoms with Gasteiger partial charge in [-0.3, -0.25) is 14.6 Å². The van der Waals surface area contributed by atoms with Crippen molar-refractivity contribution in [2.75, 3.05) is 31.5 Å². The van der Waals surface area contributed by atoms with Crippen LogP contribution in [0.2, 0.25) is 0 Å². The first-order valence-corrected chi connectivity index (χ1v) is 9.50. The van der Waals surface area contributed by atoms with Crippen LogP contribution in [0.1, 0.15) is 6.42 Å². The van der Waals surface area contributed by atoms with Crippen molar-refractivity contribution in [2.24, 2.45) is 4.99 Å². The minimum absolute atomic E-state index is 0.0914. The second kappa shape index (κ2) is 8.79. The van der Waals surface area contributed by atoms with Crippen LogP contribution in [0, 0.1) is 0 Å². The molecule has 1 aliphatic rings. The van der Waals surface area contributed by atoms with Crippen molar-refractivity contribution >= 4 is 40.1 Å².